The lowest BCUT2D eigenvalue weighted by Gasteiger charge is -2.22. The molecule has 0 spiro atoms. The van der Waals surface area contributed by atoms with E-state index in [1.165, 1.54) is 0 Å². The molecule has 0 bridgehead atoms. The number of hydrogen-bond donors (Lipinski definition) is 1. The van der Waals surface area contributed by atoms with Crippen LogP contribution in [0.3, 0.4) is 0 Å². The van der Waals surface area contributed by atoms with Gasteiger partial charge in [-0.25, -0.2) is 0 Å². The molecule has 0 aromatic carbocycles. The summed E-state index contributed by atoms with van der Waals surface area (Å²) in [4.78, 5) is 13.3. The van der Waals surface area contributed by atoms with Gasteiger partial charge in [-0.3, -0.25) is 4.79 Å². The van der Waals surface area contributed by atoms with Crippen molar-refractivity contribution >= 4 is 5.91 Å². The van der Waals surface area contributed by atoms with Crippen LogP contribution in [0, 0.1) is 5.92 Å². The SMILES string of the molecule is CC(C)CN(Cc1ccco1)C(=O)CN. The average Bonchev–Trinajstić information content (AvgIpc) is 2.67. The summed E-state index contributed by atoms with van der Waals surface area (Å²) in [5.41, 5.74) is 5.36. The molecular formula is C11H18N2O2. The molecule has 0 atom stereocenters. The van der Waals surface area contributed by atoms with E-state index < -0.39 is 0 Å². The van der Waals surface area contributed by atoms with Crippen LogP contribution in [0.25, 0.3) is 0 Å². The van der Waals surface area contributed by atoms with Crippen molar-refractivity contribution in [1.82, 2.24) is 4.90 Å². The van der Waals surface area contributed by atoms with Crippen molar-refractivity contribution < 1.29 is 9.21 Å². The lowest BCUT2D eigenvalue weighted by atomic mass is 10.2. The van der Waals surface area contributed by atoms with Crippen molar-refractivity contribution in [2.24, 2.45) is 11.7 Å². The summed E-state index contributed by atoms with van der Waals surface area (Å²) in [6.45, 7) is 5.39. The molecule has 0 saturated carbocycles. The lowest BCUT2D eigenvalue weighted by Crippen LogP contribution is -2.37. The molecule has 0 radical (unpaired) electrons. The second-order valence-corrected chi connectivity index (χ2v) is 3.95. The van der Waals surface area contributed by atoms with Gasteiger partial charge >= 0.3 is 0 Å². The Balaban J connectivity index is 2.60. The van der Waals surface area contributed by atoms with Crippen molar-refractivity contribution in [3.8, 4) is 0 Å². The first-order valence-electron chi connectivity index (χ1n) is 5.13. The number of furan rings is 1. The van der Waals surface area contributed by atoms with Crippen LogP contribution in [0.5, 0.6) is 0 Å². The summed E-state index contributed by atoms with van der Waals surface area (Å²) in [6.07, 6.45) is 1.61. The lowest BCUT2D eigenvalue weighted by molar-refractivity contribution is -0.131. The van der Waals surface area contributed by atoms with E-state index in [-0.39, 0.29) is 12.5 Å². The zero-order chi connectivity index (χ0) is 11.3. The standard InChI is InChI=1S/C11H18N2O2/c1-9(2)7-13(11(14)6-12)8-10-4-3-5-15-10/h3-5,9H,6-8,12H2,1-2H3. The number of amides is 1. The Labute approximate surface area is 90.0 Å². The number of carbonyl (C=O) groups is 1. The van der Waals surface area contributed by atoms with Gasteiger partial charge in [0.05, 0.1) is 19.4 Å². The van der Waals surface area contributed by atoms with Gasteiger partial charge in [-0.15, -0.1) is 0 Å². The highest BCUT2D eigenvalue weighted by molar-refractivity contribution is 5.77. The second-order valence-electron chi connectivity index (χ2n) is 3.95. The fraction of sp³-hybridized carbons (Fsp3) is 0.545. The fourth-order valence-corrected chi connectivity index (χ4v) is 1.42. The highest BCUT2D eigenvalue weighted by Crippen LogP contribution is 2.08. The summed E-state index contributed by atoms with van der Waals surface area (Å²) in [5.74, 6) is 1.17. The van der Waals surface area contributed by atoms with Gasteiger partial charge in [-0.05, 0) is 18.1 Å². The Morgan fingerprint density at radius 2 is 2.33 bits per heavy atom. The van der Waals surface area contributed by atoms with E-state index >= 15 is 0 Å². The smallest absolute Gasteiger partial charge is 0.236 e. The molecule has 0 aliphatic carbocycles. The molecule has 0 fully saturated rings. The molecule has 1 aromatic heterocycles. The van der Waals surface area contributed by atoms with Gasteiger partial charge in [0.15, 0.2) is 0 Å². The zero-order valence-electron chi connectivity index (χ0n) is 9.27. The maximum absolute atomic E-state index is 11.5. The van der Waals surface area contributed by atoms with Gasteiger partial charge in [0.25, 0.3) is 0 Å². The normalized spacial score (nSPS) is 10.7. The minimum Gasteiger partial charge on any atom is -0.467 e. The van der Waals surface area contributed by atoms with Crippen molar-refractivity contribution in [1.29, 1.82) is 0 Å². The van der Waals surface area contributed by atoms with Gasteiger partial charge in [0.2, 0.25) is 5.91 Å². The molecule has 0 unspecified atom stereocenters. The van der Waals surface area contributed by atoms with E-state index in [4.69, 9.17) is 10.2 Å². The summed E-state index contributed by atoms with van der Waals surface area (Å²) in [7, 11) is 0. The van der Waals surface area contributed by atoms with Crippen LogP contribution in [-0.2, 0) is 11.3 Å². The van der Waals surface area contributed by atoms with Gasteiger partial charge in [-0.2, -0.15) is 0 Å². The van der Waals surface area contributed by atoms with E-state index in [0.717, 1.165) is 5.76 Å². The Morgan fingerprint density at radius 1 is 1.60 bits per heavy atom. The van der Waals surface area contributed by atoms with Gasteiger partial charge < -0.3 is 15.1 Å². The molecule has 15 heavy (non-hydrogen) atoms. The molecule has 4 heteroatoms. The molecular weight excluding hydrogens is 192 g/mol. The highest BCUT2D eigenvalue weighted by atomic mass is 16.3. The monoisotopic (exact) mass is 210 g/mol. The maximum atomic E-state index is 11.5. The fourth-order valence-electron chi connectivity index (χ4n) is 1.42. The van der Waals surface area contributed by atoms with E-state index in [9.17, 15) is 4.79 Å². The number of carbonyl (C=O) groups excluding carboxylic acids is 1. The van der Waals surface area contributed by atoms with Crippen LogP contribution < -0.4 is 5.73 Å². The molecule has 0 saturated heterocycles. The van der Waals surface area contributed by atoms with Crippen molar-refractivity contribution in [3.63, 3.8) is 0 Å². The van der Waals surface area contributed by atoms with Crippen molar-refractivity contribution in [2.75, 3.05) is 13.1 Å². The quantitative estimate of drug-likeness (QED) is 0.795. The first kappa shape index (κ1) is 11.8. The van der Waals surface area contributed by atoms with E-state index in [1.54, 1.807) is 11.2 Å². The molecule has 1 amide bonds. The molecule has 84 valence electrons. The molecule has 0 aliphatic rings. The van der Waals surface area contributed by atoms with E-state index in [1.807, 2.05) is 12.1 Å². The van der Waals surface area contributed by atoms with Crippen LogP contribution in [0.15, 0.2) is 22.8 Å². The molecule has 1 rings (SSSR count). The summed E-state index contributed by atoms with van der Waals surface area (Å²) < 4.78 is 5.21. The maximum Gasteiger partial charge on any atom is 0.236 e. The van der Waals surface area contributed by atoms with Crippen molar-refractivity contribution in [3.05, 3.63) is 24.2 Å². The zero-order valence-corrected chi connectivity index (χ0v) is 9.27. The topological polar surface area (TPSA) is 59.5 Å². The third kappa shape index (κ3) is 3.75. The third-order valence-corrected chi connectivity index (χ3v) is 2.04. The number of hydrogen-bond acceptors (Lipinski definition) is 3. The van der Waals surface area contributed by atoms with E-state index in [0.29, 0.717) is 19.0 Å². The van der Waals surface area contributed by atoms with Gasteiger partial charge in [0, 0.05) is 6.54 Å². The number of rotatable bonds is 5. The second kappa shape index (κ2) is 5.56. The van der Waals surface area contributed by atoms with Crippen LogP contribution in [0.1, 0.15) is 19.6 Å². The Bertz CT molecular complexity index is 294. The Hall–Kier alpha value is -1.29. The Morgan fingerprint density at radius 3 is 2.80 bits per heavy atom. The summed E-state index contributed by atoms with van der Waals surface area (Å²) in [5, 5.41) is 0. The van der Waals surface area contributed by atoms with Crippen molar-refractivity contribution in [2.45, 2.75) is 20.4 Å². The Kier molecular flexibility index (Phi) is 4.37. The van der Waals surface area contributed by atoms with Crippen LogP contribution >= 0.6 is 0 Å². The summed E-state index contributed by atoms with van der Waals surface area (Å²) in [6, 6.07) is 3.67. The number of nitrogens with two attached hydrogens (primary N) is 1. The van der Waals surface area contributed by atoms with Gasteiger partial charge in [0.1, 0.15) is 5.76 Å². The minimum atomic E-state index is -0.0416. The van der Waals surface area contributed by atoms with Crippen LogP contribution in [0.2, 0.25) is 0 Å². The first-order chi connectivity index (χ1) is 7.13. The van der Waals surface area contributed by atoms with Gasteiger partial charge in [-0.1, -0.05) is 13.8 Å². The predicted octanol–water partition coefficient (Wildman–Crippen LogP) is 1.22. The molecule has 2 N–H and O–H groups in total. The summed E-state index contributed by atoms with van der Waals surface area (Å²) >= 11 is 0. The first-order valence-corrected chi connectivity index (χ1v) is 5.13. The molecule has 0 aliphatic heterocycles. The number of nitrogens with zero attached hydrogens (tertiary/aromatic N) is 1. The molecule has 1 aromatic rings. The molecule has 1 heterocycles. The van der Waals surface area contributed by atoms with Crippen LogP contribution in [0.4, 0.5) is 0 Å². The van der Waals surface area contributed by atoms with Crippen LogP contribution in [-0.4, -0.2) is 23.9 Å². The predicted molar refractivity (Wildman–Crippen MR) is 58.0 cm³/mol. The third-order valence-electron chi connectivity index (χ3n) is 2.04. The largest absolute Gasteiger partial charge is 0.467 e. The highest BCUT2D eigenvalue weighted by Gasteiger charge is 2.14. The van der Waals surface area contributed by atoms with E-state index in [2.05, 4.69) is 13.8 Å². The average molecular weight is 210 g/mol. The minimum absolute atomic E-state index is 0.0416. The molecule has 4 nitrogen and oxygen atoms in total.